The summed E-state index contributed by atoms with van der Waals surface area (Å²) < 4.78 is 25.6. The van der Waals surface area contributed by atoms with Gasteiger partial charge in [0.15, 0.2) is 22.4 Å². The van der Waals surface area contributed by atoms with Crippen molar-refractivity contribution in [1.29, 1.82) is 0 Å². The van der Waals surface area contributed by atoms with E-state index in [1.807, 2.05) is 13.8 Å². The number of nitrogens with zero attached hydrogens (tertiary/aromatic N) is 4. The maximum Gasteiger partial charge on any atom is 0.359 e. The molecule has 4 atom stereocenters. The van der Waals surface area contributed by atoms with Gasteiger partial charge in [0.2, 0.25) is 0 Å². The number of hydrogen-bond acceptors (Lipinski definition) is 9. The van der Waals surface area contributed by atoms with Gasteiger partial charge in [-0.3, -0.25) is 9.13 Å². The Kier molecular flexibility index (Phi) is 10.0. The largest absolute Gasteiger partial charge is 0.390 e. The van der Waals surface area contributed by atoms with Crippen LogP contribution in [0.25, 0.3) is 11.2 Å². The molecule has 0 saturated carbocycles. The van der Waals surface area contributed by atoms with E-state index in [1.165, 1.54) is 24.3 Å². The van der Waals surface area contributed by atoms with Crippen LogP contribution in [0.1, 0.15) is 72.4 Å². The first-order valence-electron chi connectivity index (χ1n) is 11.4. The summed E-state index contributed by atoms with van der Waals surface area (Å²) >= 11 is 6.04. The van der Waals surface area contributed by atoms with Gasteiger partial charge in [0.25, 0.3) is 0 Å². The summed E-state index contributed by atoms with van der Waals surface area (Å²) in [6.07, 6.45) is 0.0376. The van der Waals surface area contributed by atoms with Crippen LogP contribution in [-0.4, -0.2) is 70.0 Å². The van der Waals surface area contributed by atoms with Gasteiger partial charge in [-0.2, -0.15) is 0 Å². The Morgan fingerprint density at radius 2 is 1.74 bits per heavy atom. The number of aromatic nitrogens is 4. The van der Waals surface area contributed by atoms with Gasteiger partial charge in [0.05, 0.1) is 18.0 Å². The molecule has 2 aromatic heterocycles. The van der Waals surface area contributed by atoms with Gasteiger partial charge in [0, 0.05) is 7.11 Å². The molecule has 2 aromatic rings. The molecule has 0 saturated heterocycles. The molecule has 0 bridgehead atoms. The first-order valence-corrected chi connectivity index (χ1v) is 13.4. The van der Waals surface area contributed by atoms with Crippen LogP contribution in [0.2, 0.25) is 5.15 Å². The van der Waals surface area contributed by atoms with Crippen LogP contribution in [0, 0.1) is 0 Å². The number of halogens is 1. The Morgan fingerprint density at radius 3 is 2.26 bits per heavy atom. The van der Waals surface area contributed by atoms with E-state index in [1.54, 1.807) is 13.8 Å². The summed E-state index contributed by atoms with van der Waals surface area (Å²) in [6.45, 7) is 6.86. The topological polar surface area (TPSA) is 160 Å². The van der Waals surface area contributed by atoms with Crippen molar-refractivity contribution in [3.05, 3.63) is 17.8 Å². The highest BCUT2D eigenvalue weighted by atomic mass is 35.5. The Balaban J connectivity index is 2.20. The predicted molar refractivity (Wildman–Crippen MR) is 127 cm³/mol. The average Bonchev–Trinajstić information content (AvgIpc) is 3.26. The molecular weight excluding hydrogens is 487 g/mol. The highest BCUT2D eigenvalue weighted by molar-refractivity contribution is 7.54. The van der Waals surface area contributed by atoms with Crippen LogP contribution in [0.4, 0.5) is 0 Å². The molecule has 0 amide bonds. The van der Waals surface area contributed by atoms with Crippen LogP contribution in [0.5, 0.6) is 0 Å². The van der Waals surface area contributed by atoms with Crippen molar-refractivity contribution in [3.8, 4) is 0 Å². The van der Waals surface area contributed by atoms with Crippen LogP contribution < -0.4 is 0 Å². The van der Waals surface area contributed by atoms with Crippen molar-refractivity contribution >= 4 is 30.4 Å². The molecule has 1 unspecified atom stereocenters. The van der Waals surface area contributed by atoms with Crippen molar-refractivity contribution < 1.29 is 34.0 Å². The average molecular weight is 523 g/mol. The molecule has 2 rings (SSSR count). The first-order chi connectivity index (χ1) is 15.9. The molecule has 0 aliphatic carbocycles. The fraction of sp³-hybridized carbons (Fsp3) is 0.762. The van der Waals surface area contributed by atoms with E-state index in [2.05, 4.69) is 15.0 Å². The number of aliphatic hydroxyl groups is 3. The Bertz CT molecular complexity index is 983. The predicted octanol–water partition coefficient (Wildman–Crippen LogP) is 3.40. The summed E-state index contributed by atoms with van der Waals surface area (Å²) in [5.41, 5.74) is -0.415. The third kappa shape index (κ3) is 5.79. The number of imidazole rings is 1. The lowest BCUT2D eigenvalue weighted by atomic mass is 9.89. The van der Waals surface area contributed by atoms with Crippen molar-refractivity contribution in [1.82, 2.24) is 19.5 Å². The zero-order valence-corrected chi connectivity index (χ0v) is 21.9. The SMILES string of the molecule is CCC(CC)(CC[C@@H](O)[C@@H](O)[C@@H](OC)n1cnc2c(Cl)ncnc21)OP(=O)(O)C(O)(CC)CC. The second-order valence-corrected chi connectivity index (χ2v) is 10.8. The lowest BCUT2D eigenvalue weighted by Crippen LogP contribution is -2.40. The smallest absolute Gasteiger partial charge is 0.359 e. The van der Waals surface area contributed by atoms with Gasteiger partial charge in [-0.15, -0.1) is 0 Å². The summed E-state index contributed by atoms with van der Waals surface area (Å²) in [7, 11) is -3.03. The molecular formula is C21H36ClN4O7P. The van der Waals surface area contributed by atoms with E-state index in [-0.39, 0.29) is 30.8 Å². The number of ether oxygens (including phenoxy) is 1. The molecule has 11 nitrogen and oxygen atoms in total. The minimum atomic E-state index is -4.40. The molecule has 34 heavy (non-hydrogen) atoms. The van der Waals surface area contributed by atoms with E-state index >= 15 is 0 Å². The Hall–Kier alpha value is -1.17. The maximum atomic E-state index is 13.0. The van der Waals surface area contributed by atoms with E-state index in [0.29, 0.717) is 24.0 Å². The molecule has 4 N–H and O–H groups in total. The van der Waals surface area contributed by atoms with E-state index in [0.717, 1.165) is 0 Å². The van der Waals surface area contributed by atoms with Crippen LogP contribution >= 0.6 is 19.2 Å². The monoisotopic (exact) mass is 522 g/mol. The summed E-state index contributed by atoms with van der Waals surface area (Å²) in [5.74, 6) is 0. The molecule has 0 aliphatic heterocycles. The third-order valence-corrected chi connectivity index (χ3v) is 9.27. The second-order valence-electron chi connectivity index (χ2n) is 8.40. The number of methoxy groups -OCH3 is 1. The molecule has 0 radical (unpaired) electrons. The zero-order chi connectivity index (χ0) is 25.7. The van der Waals surface area contributed by atoms with Gasteiger partial charge in [-0.25, -0.2) is 15.0 Å². The number of rotatable bonds is 14. The van der Waals surface area contributed by atoms with Gasteiger partial charge in [0.1, 0.15) is 17.9 Å². The molecule has 13 heteroatoms. The third-order valence-electron chi connectivity index (χ3n) is 6.68. The minimum absolute atomic E-state index is 0.0434. The first kappa shape index (κ1) is 29.1. The van der Waals surface area contributed by atoms with Crippen LogP contribution in [-0.2, 0) is 13.8 Å². The zero-order valence-electron chi connectivity index (χ0n) is 20.3. The lowest BCUT2D eigenvalue weighted by Gasteiger charge is -2.39. The molecule has 194 valence electrons. The Morgan fingerprint density at radius 1 is 1.12 bits per heavy atom. The summed E-state index contributed by atoms with van der Waals surface area (Å²) in [5, 5.41) is 30.6. The molecule has 0 aromatic carbocycles. The standard InChI is InChI=1S/C21H36ClN4O7P/c1-6-20(7-2,33-34(30,31)21(29,8-3)9-4)11-10-14(27)16(28)19(32-5)26-13-25-15-17(22)23-12-24-18(15)26/h12-14,16,19,27-29H,6-11H2,1-5H3,(H,30,31)/t14-,16-,19-/m1/s1. The number of aliphatic hydroxyl groups excluding tert-OH is 2. The van der Waals surface area contributed by atoms with Crippen molar-refractivity contribution in [3.63, 3.8) is 0 Å². The Labute approximate surface area is 204 Å². The highest BCUT2D eigenvalue weighted by Gasteiger charge is 2.49. The minimum Gasteiger partial charge on any atom is -0.390 e. The van der Waals surface area contributed by atoms with E-state index in [9.17, 15) is 24.8 Å². The molecule has 0 spiro atoms. The summed E-state index contributed by atoms with van der Waals surface area (Å²) in [4.78, 5) is 22.8. The van der Waals surface area contributed by atoms with E-state index in [4.69, 9.17) is 20.9 Å². The number of hydrogen-bond donors (Lipinski definition) is 4. The molecule has 0 aliphatic rings. The van der Waals surface area contributed by atoms with Gasteiger partial charge >= 0.3 is 7.60 Å². The summed E-state index contributed by atoms with van der Waals surface area (Å²) in [6, 6.07) is 0. The quantitative estimate of drug-likeness (QED) is 0.214. The van der Waals surface area contributed by atoms with E-state index < -0.39 is 37.0 Å². The molecule has 2 heterocycles. The normalized spacial score (nSPS) is 17.5. The van der Waals surface area contributed by atoms with Gasteiger partial charge in [-0.05, 0) is 38.5 Å². The number of fused-ring (bicyclic) bond motifs is 1. The highest BCUT2D eigenvalue weighted by Crippen LogP contribution is 2.60. The van der Waals surface area contributed by atoms with Gasteiger partial charge in [-0.1, -0.05) is 39.3 Å². The fourth-order valence-corrected chi connectivity index (χ4v) is 5.99. The maximum absolute atomic E-state index is 13.0. The van der Waals surface area contributed by atoms with Crippen LogP contribution in [0.15, 0.2) is 12.7 Å². The lowest BCUT2D eigenvalue weighted by molar-refractivity contribution is -0.114. The second kappa shape index (κ2) is 11.7. The fourth-order valence-electron chi connectivity index (χ4n) is 3.97. The van der Waals surface area contributed by atoms with Gasteiger partial charge < -0.3 is 29.5 Å². The van der Waals surface area contributed by atoms with Crippen molar-refractivity contribution in [2.45, 2.75) is 95.6 Å². The van der Waals surface area contributed by atoms with Crippen LogP contribution in [0.3, 0.4) is 0 Å². The van der Waals surface area contributed by atoms with Crippen molar-refractivity contribution in [2.24, 2.45) is 0 Å². The molecule has 0 fully saturated rings. The van der Waals surface area contributed by atoms with Crippen molar-refractivity contribution in [2.75, 3.05) is 7.11 Å².